The summed E-state index contributed by atoms with van der Waals surface area (Å²) in [5.41, 5.74) is 0. The van der Waals surface area contributed by atoms with Crippen LogP contribution in [0.1, 0.15) is 0 Å². The number of hydrogen-bond acceptors (Lipinski definition) is 4. The number of nitrogens with zero attached hydrogens (tertiary/aromatic N) is 1. The molecule has 0 heterocycles. The van der Waals surface area contributed by atoms with Crippen molar-refractivity contribution in [2.45, 2.75) is 0 Å². The topological polar surface area (TPSA) is 62.5 Å². The third-order valence-corrected chi connectivity index (χ3v) is 1.13. The molecule has 0 aliphatic carbocycles. The van der Waals surface area contributed by atoms with E-state index in [-0.39, 0.29) is 0 Å². The van der Waals surface area contributed by atoms with Gasteiger partial charge in [-0.05, 0) is 12.1 Å². The minimum absolute atomic E-state index is 0.445. The van der Waals surface area contributed by atoms with Crippen LogP contribution in [0.3, 0.4) is 0 Å². The molecule has 0 aliphatic heterocycles. The molecule has 4 nitrogen and oxygen atoms in total. The van der Waals surface area contributed by atoms with Gasteiger partial charge in [-0.3, -0.25) is 0 Å². The van der Waals surface area contributed by atoms with Crippen LogP contribution in [0.5, 0.6) is 5.75 Å². The zero-order valence-electron chi connectivity index (χ0n) is 6.18. The lowest BCUT2D eigenvalue weighted by molar-refractivity contribution is 0.277. The van der Waals surface area contributed by atoms with Crippen molar-refractivity contribution < 1.29 is 14.3 Å². The Kier molecular flexibility index (Phi) is 2.99. The molecular weight excluding hydrogens is 157 g/mol. The molecule has 1 N–H and O–H groups in total. The highest BCUT2D eigenvalue weighted by molar-refractivity contribution is 6.36. The fourth-order valence-corrected chi connectivity index (χ4v) is 0.685. The molecule has 0 unspecified atom stereocenters. The van der Waals surface area contributed by atoms with Crippen molar-refractivity contribution in [1.29, 1.82) is 5.26 Å². The molecule has 5 heteroatoms. The van der Waals surface area contributed by atoms with E-state index in [2.05, 4.69) is 4.65 Å². The lowest BCUT2D eigenvalue weighted by Gasteiger charge is -2.04. The Morgan fingerprint density at radius 1 is 1.33 bits per heavy atom. The fourth-order valence-electron chi connectivity index (χ4n) is 0.685. The molecule has 1 aromatic rings. The first-order valence-electron chi connectivity index (χ1n) is 3.27. The molecular formula is C7H6BNO3. The summed E-state index contributed by atoms with van der Waals surface area (Å²) < 4.78 is 8.85. The Bertz CT molecular complexity index is 272. The van der Waals surface area contributed by atoms with Gasteiger partial charge in [-0.25, -0.2) is 0 Å². The highest BCUT2D eigenvalue weighted by Gasteiger charge is 2.19. The average molecular weight is 163 g/mol. The van der Waals surface area contributed by atoms with Gasteiger partial charge in [-0.15, -0.1) is 0 Å². The van der Waals surface area contributed by atoms with Gasteiger partial charge in [0.2, 0.25) is 0 Å². The molecule has 0 saturated carbocycles. The van der Waals surface area contributed by atoms with Crippen LogP contribution in [0, 0.1) is 11.5 Å². The smallest absolute Gasteiger partial charge is 0.501 e. The van der Waals surface area contributed by atoms with Crippen molar-refractivity contribution >= 4 is 7.32 Å². The predicted octanol–water partition coefficient (Wildman–Crippen LogP) is 0.540. The second-order valence-corrected chi connectivity index (χ2v) is 1.95. The van der Waals surface area contributed by atoms with Crippen LogP contribution in [-0.2, 0) is 4.65 Å². The van der Waals surface area contributed by atoms with Gasteiger partial charge in [0, 0.05) is 0 Å². The molecule has 60 valence electrons. The van der Waals surface area contributed by atoms with E-state index in [1.165, 1.54) is 6.26 Å². The third-order valence-electron chi connectivity index (χ3n) is 1.13. The van der Waals surface area contributed by atoms with Crippen molar-refractivity contribution in [2.75, 3.05) is 0 Å². The maximum absolute atomic E-state index is 8.84. The molecule has 0 aliphatic rings. The molecule has 1 rings (SSSR count). The van der Waals surface area contributed by atoms with Gasteiger partial charge >= 0.3 is 7.32 Å². The molecule has 12 heavy (non-hydrogen) atoms. The largest absolute Gasteiger partial charge is 0.795 e. The summed E-state index contributed by atoms with van der Waals surface area (Å²) in [6.07, 6.45) is 1.31. The van der Waals surface area contributed by atoms with Crippen LogP contribution in [-0.4, -0.2) is 12.3 Å². The van der Waals surface area contributed by atoms with Gasteiger partial charge in [-0.1, -0.05) is 18.2 Å². The van der Waals surface area contributed by atoms with Crippen molar-refractivity contribution in [3.8, 4) is 12.0 Å². The molecule has 0 aromatic heterocycles. The van der Waals surface area contributed by atoms with Gasteiger partial charge in [0.05, 0.1) is 0 Å². The Balaban J connectivity index is 2.48. The SMILES string of the molecule is N#COB(O)Oc1ccccc1. The average Bonchev–Trinajstić information content (AvgIpc) is 2.06. The van der Waals surface area contributed by atoms with E-state index in [0.717, 1.165) is 0 Å². The highest BCUT2D eigenvalue weighted by Crippen LogP contribution is 2.08. The van der Waals surface area contributed by atoms with Crippen LogP contribution < -0.4 is 4.65 Å². The minimum Gasteiger partial charge on any atom is -0.501 e. The van der Waals surface area contributed by atoms with Crippen LogP contribution in [0.4, 0.5) is 0 Å². The van der Waals surface area contributed by atoms with Crippen LogP contribution >= 0.6 is 0 Å². The van der Waals surface area contributed by atoms with Gasteiger partial charge in [0.15, 0.2) is 0 Å². The Morgan fingerprint density at radius 3 is 2.58 bits per heavy atom. The number of para-hydroxylation sites is 1. The van der Waals surface area contributed by atoms with E-state index in [1.807, 2.05) is 6.07 Å². The summed E-state index contributed by atoms with van der Waals surface area (Å²) in [5, 5.41) is 16.8. The quantitative estimate of drug-likeness (QED) is 0.521. The molecule has 0 spiro atoms. The van der Waals surface area contributed by atoms with E-state index in [0.29, 0.717) is 5.75 Å². The first kappa shape index (κ1) is 8.43. The number of nitriles is 1. The molecule has 1 aromatic carbocycles. The van der Waals surface area contributed by atoms with Crippen LogP contribution in [0.15, 0.2) is 30.3 Å². The number of hydrogen-bond donors (Lipinski definition) is 1. The second kappa shape index (κ2) is 4.26. The maximum Gasteiger partial charge on any atom is 0.795 e. The molecule has 0 radical (unpaired) electrons. The molecule has 0 saturated heterocycles. The first-order valence-corrected chi connectivity index (χ1v) is 3.27. The van der Waals surface area contributed by atoms with Gasteiger partial charge < -0.3 is 14.3 Å². The Morgan fingerprint density at radius 2 is 2.00 bits per heavy atom. The summed E-state index contributed by atoms with van der Waals surface area (Å²) in [6.45, 7) is 0. The standard InChI is InChI=1S/C7H6BNO3/c9-6-11-8(10)12-7-4-2-1-3-5-7/h1-5,10H. The van der Waals surface area contributed by atoms with E-state index in [4.69, 9.17) is 14.9 Å². The summed E-state index contributed by atoms with van der Waals surface area (Å²) in [6, 6.07) is 8.58. The predicted molar refractivity (Wildman–Crippen MR) is 41.7 cm³/mol. The van der Waals surface area contributed by atoms with E-state index in [9.17, 15) is 0 Å². The van der Waals surface area contributed by atoms with Crippen molar-refractivity contribution in [3.63, 3.8) is 0 Å². The molecule has 0 atom stereocenters. The maximum atomic E-state index is 8.84. The zero-order chi connectivity index (χ0) is 8.81. The second-order valence-electron chi connectivity index (χ2n) is 1.95. The van der Waals surface area contributed by atoms with Crippen LogP contribution in [0.2, 0.25) is 0 Å². The van der Waals surface area contributed by atoms with E-state index < -0.39 is 7.32 Å². The van der Waals surface area contributed by atoms with Gasteiger partial charge in [0.1, 0.15) is 5.75 Å². The molecule has 0 bridgehead atoms. The summed E-state index contributed by atoms with van der Waals surface area (Å²) >= 11 is 0. The highest BCUT2D eigenvalue weighted by atomic mass is 16.7. The number of rotatable bonds is 3. The monoisotopic (exact) mass is 163 g/mol. The molecule has 0 fully saturated rings. The van der Waals surface area contributed by atoms with Crippen molar-refractivity contribution in [3.05, 3.63) is 30.3 Å². The summed E-state index contributed by atoms with van der Waals surface area (Å²) in [4.78, 5) is 0. The Labute approximate surface area is 70.1 Å². The van der Waals surface area contributed by atoms with E-state index >= 15 is 0 Å². The molecule has 0 amide bonds. The van der Waals surface area contributed by atoms with E-state index in [1.54, 1.807) is 24.3 Å². The van der Waals surface area contributed by atoms with Crippen molar-refractivity contribution in [1.82, 2.24) is 0 Å². The van der Waals surface area contributed by atoms with Crippen molar-refractivity contribution in [2.24, 2.45) is 0 Å². The lowest BCUT2D eigenvalue weighted by atomic mass is 10.2. The minimum atomic E-state index is -1.53. The fraction of sp³-hybridized carbons (Fsp3) is 0. The zero-order valence-corrected chi connectivity index (χ0v) is 6.18. The number of benzene rings is 1. The van der Waals surface area contributed by atoms with Gasteiger partial charge in [0.25, 0.3) is 6.26 Å². The summed E-state index contributed by atoms with van der Waals surface area (Å²) in [7, 11) is -1.53. The third kappa shape index (κ3) is 2.52. The van der Waals surface area contributed by atoms with Gasteiger partial charge in [-0.2, -0.15) is 5.26 Å². The first-order chi connectivity index (χ1) is 5.83. The normalized spacial score (nSPS) is 8.33. The summed E-state index contributed by atoms with van der Waals surface area (Å²) in [5.74, 6) is 0.445. The Hall–Kier alpha value is -1.67. The van der Waals surface area contributed by atoms with Crippen LogP contribution in [0.25, 0.3) is 0 Å². The lowest BCUT2D eigenvalue weighted by Crippen LogP contribution is -2.23.